The molecule has 0 aliphatic heterocycles. The van der Waals surface area contributed by atoms with Gasteiger partial charge in [-0.05, 0) is 25.3 Å². The molecule has 0 radical (unpaired) electrons. The van der Waals surface area contributed by atoms with E-state index in [0.717, 1.165) is 5.69 Å². The van der Waals surface area contributed by atoms with Gasteiger partial charge in [-0.25, -0.2) is 8.78 Å². The first-order valence-corrected chi connectivity index (χ1v) is 7.30. The summed E-state index contributed by atoms with van der Waals surface area (Å²) in [6.07, 6.45) is 5.81. The summed E-state index contributed by atoms with van der Waals surface area (Å²) in [5.74, 6) is 0. The van der Waals surface area contributed by atoms with Crippen LogP contribution in [0.5, 0.6) is 0 Å². The Morgan fingerprint density at radius 2 is 2.15 bits per heavy atom. The van der Waals surface area contributed by atoms with Crippen LogP contribution in [0.15, 0.2) is 12.3 Å². The third-order valence-electron chi connectivity index (χ3n) is 3.71. The molecule has 1 aromatic rings. The van der Waals surface area contributed by atoms with Gasteiger partial charge < -0.3 is 10.5 Å². The molecule has 20 heavy (non-hydrogen) atoms. The SMILES string of the molecule is NC(CCOCC(F)F)Cc1ccn(C2CCCC2)n1. The first-order valence-electron chi connectivity index (χ1n) is 7.30. The molecule has 1 fully saturated rings. The number of rotatable bonds is 8. The van der Waals surface area contributed by atoms with E-state index >= 15 is 0 Å². The van der Waals surface area contributed by atoms with Crippen molar-refractivity contribution in [2.45, 2.75) is 57.0 Å². The summed E-state index contributed by atoms with van der Waals surface area (Å²) in [5.41, 5.74) is 6.94. The number of aromatic nitrogens is 2. The van der Waals surface area contributed by atoms with Crippen LogP contribution in [-0.4, -0.2) is 35.5 Å². The van der Waals surface area contributed by atoms with Gasteiger partial charge in [-0.3, -0.25) is 4.68 Å². The number of nitrogens with two attached hydrogens (primary N) is 1. The lowest BCUT2D eigenvalue weighted by molar-refractivity contribution is 0.0152. The molecule has 1 aromatic heterocycles. The van der Waals surface area contributed by atoms with Crippen molar-refractivity contribution in [3.8, 4) is 0 Å². The van der Waals surface area contributed by atoms with Crippen molar-refractivity contribution in [2.24, 2.45) is 5.73 Å². The molecular formula is C14H23F2N3O. The molecule has 6 heteroatoms. The summed E-state index contributed by atoms with van der Waals surface area (Å²) in [6.45, 7) is -0.238. The zero-order valence-electron chi connectivity index (χ0n) is 11.7. The van der Waals surface area contributed by atoms with Gasteiger partial charge in [0.05, 0.1) is 11.7 Å². The number of halogens is 2. The lowest BCUT2D eigenvalue weighted by Crippen LogP contribution is -2.25. The first kappa shape index (κ1) is 15.4. The minimum atomic E-state index is -2.41. The van der Waals surface area contributed by atoms with Gasteiger partial charge in [0.1, 0.15) is 6.61 Å². The molecule has 1 atom stereocenters. The number of hydrogen-bond acceptors (Lipinski definition) is 3. The molecule has 4 nitrogen and oxygen atoms in total. The predicted molar refractivity (Wildman–Crippen MR) is 72.9 cm³/mol. The topological polar surface area (TPSA) is 53.1 Å². The maximum atomic E-state index is 11.9. The van der Waals surface area contributed by atoms with E-state index < -0.39 is 13.0 Å². The second-order valence-corrected chi connectivity index (χ2v) is 5.44. The van der Waals surface area contributed by atoms with E-state index in [2.05, 4.69) is 5.10 Å². The molecule has 114 valence electrons. The fourth-order valence-corrected chi connectivity index (χ4v) is 2.64. The Kier molecular flexibility index (Phi) is 5.91. The van der Waals surface area contributed by atoms with E-state index in [9.17, 15) is 8.78 Å². The van der Waals surface area contributed by atoms with E-state index in [4.69, 9.17) is 10.5 Å². The van der Waals surface area contributed by atoms with Gasteiger partial charge in [-0.15, -0.1) is 0 Å². The maximum absolute atomic E-state index is 11.9. The van der Waals surface area contributed by atoms with Crippen LogP contribution in [0.4, 0.5) is 8.78 Å². The monoisotopic (exact) mass is 287 g/mol. The van der Waals surface area contributed by atoms with Gasteiger partial charge in [0.15, 0.2) is 0 Å². The normalized spacial score (nSPS) is 18.0. The highest BCUT2D eigenvalue weighted by Gasteiger charge is 2.18. The number of nitrogens with zero attached hydrogens (tertiary/aromatic N) is 2. The van der Waals surface area contributed by atoms with Gasteiger partial charge in [0.25, 0.3) is 6.43 Å². The highest BCUT2D eigenvalue weighted by molar-refractivity contribution is 5.02. The Balaban J connectivity index is 1.69. The Hall–Kier alpha value is -1.01. The third-order valence-corrected chi connectivity index (χ3v) is 3.71. The Labute approximate surface area is 118 Å². The van der Waals surface area contributed by atoms with E-state index in [1.807, 2.05) is 16.9 Å². The Morgan fingerprint density at radius 3 is 2.85 bits per heavy atom. The van der Waals surface area contributed by atoms with Crippen LogP contribution in [0.3, 0.4) is 0 Å². The van der Waals surface area contributed by atoms with Crippen molar-refractivity contribution in [3.05, 3.63) is 18.0 Å². The van der Waals surface area contributed by atoms with Crippen LogP contribution in [0.25, 0.3) is 0 Å². The summed E-state index contributed by atoms with van der Waals surface area (Å²) >= 11 is 0. The van der Waals surface area contributed by atoms with Crippen LogP contribution < -0.4 is 5.73 Å². The molecule has 0 bridgehead atoms. The second kappa shape index (κ2) is 7.69. The highest BCUT2D eigenvalue weighted by Crippen LogP contribution is 2.28. The largest absolute Gasteiger partial charge is 0.375 e. The molecule has 0 aromatic carbocycles. The fourth-order valence-electron chi connectivity index (χ4n) is 2.64. The van der Waals surface area contributed by atoms with Gasteiger partial charge in [0, 0.05) is 25.3 Å². The molecule has 1 saturated carbocycles. The lowest BCUT2D eigenvalue weighted by Gasteiger charge is -2.11. The van der Waals surface area contributed by atoms with Crippen molar-refractivity contribution in [2.75, 3.05) is 13.2 Å². The van der Waals surface area contributed by atoms with E-state index in [1.165, 1.54) is 25.7 Å². The van der Waals surface area contributed by atoms with Gasteiger partial charge in [-0.2, -0.15) is 5.10 Å². The second-order valence-electron chi connectivity index (χ2n) is 5.44. The van der Waals surface area contributed by atoms with Crippen LogP contribution in [0.1, 0.15) is 43.8 Å². The van der Waals surface area contributed by atoms with Gasteiger partial charge in [0.2, 0.25) is 0 Å². The molecule has 0 spiro atoms. The quantitative estimate of drug-likeness (QED) is 0.748. The summed E-state index contributed by atoms with van der Waals surface area (Å²) in [4.78, 5) is 0. The van der Waals surface area contributed by atoms with Crippen molar-refractivity contribution in [1.82, 2.24) is 9.78 Å². The van der Waals surface area contributed by atoms with Crippen LogP contribution in [-0.2, 0) is 11.2 Å². The summed E-state index contributed by atoms with van der Waals surface area (Å²) < 4.78 is 30.7. The van der Waals surface area contributed by atoms with Gasteiger partial charge >= 0.3 is 0 Å². The van der Waals surface area contributed by atoms with E-state index in [1.54, 1.807) is 0 Å². The molecule has 1 unspecified atom stereocenters. The van der Waals surface area contributed by atoms with Crippen LogP contribution in [0, 0.1) is 0 Å². The number of ether oxygens (including phenoxy) is 1. The fraction of sp³-hybridized carbons (Fsp3) is 0.786. The minimum absolute atomic E-state index is 0.0976. The van der Waals surface area contributed by atoms with Crippen molar-refractivity contribution < 1.29 is 13.5 Å². The molecule has 0 amide bonds. The molecule has 2 rings (SSSR count). The van der Waals surface area contributed by atoms with E-state index in [0.29, 0.717) is 18.9 Å². The molecule has 2 N–H and O–H groups in total. The average molecular weight is 287 g/mol. The number of alkyl halides is 2. The zero-order valence-corrected chi connectivity index (χ0v) is 11.7. The number of hydrogen-bond donors (Lipinski definition) is 1. The Bertz CT molecular complexity index is 392. The predicted octanol–water partition coefficient (Wildman–Crippen LogP) is 2.54. The summed E-state index contributed by atoms with van der Waals surface area (Å²) in [7, 11) is 0. The third kappa shape index (κ3) is 4.83. The standard InChI is InChI=1S/C14H23F2N3O/c15-14(16)10-20-8-6-11(17)9-12-5-7-19(18-12)13-3-1-2-4-13/h5,7,11,13-14H,1-4,6,8-10,17H2. The smallest absolute Gasteiger partial charge is 0.261 e. The average Bonchev–Trinajstić information content (AvgIpc) is 3.04. The zero-order chi connectivity index (χ0) is 14.4. The van der Waals surface area contributed by atoms with Crippen LogP contribution >= 0.6 is 0 Å². The molecular weight excluding hydrogens is 264 g/mol. The summed E-state index contributed by atoms with van der Waals surface area (Å²) in [6, 6.07) is 2.44. The first-order chi connectivity index (χ1) is 9.65. The minimum Gasteiger partial charge on any atom is -0.375 e. The van der Waals surface area contributed by atoms with Crippen molar-refractivity contribution >= 4 is 0 Å². The molecule has 1 aliphatic rings. The van der Waals surface area contributed by atoms with E-state index in [-0.39, 0.29) is 12.6 Å². The molecule has 0 saturated heterocycles. The maximum Gasteiger partial charge on any atom is 0.261 e. The van der Waals surface area contributed by atoms with Crippen molar-refractivity contribution in [1.29, 1.82) is 0 Å². The van der Waals surface area contributed by atoms with Crippen molar-refractivity contribution in [3.63, 3.8) is 0 Å². The highest BCUT2D eigenvalue weighted by atomic mass is 19.3. The Morgan fingerprint density at radius 1 is 1.40 bits per heavy atom. The van der Waals surface area contributed by atoms with Crippen LogP contribution in [0.2, 0.25) is 0 Å². The molecule has 1 aliphatic carbocycles. The lowest BCUT2D eigenvalue weighted by atomic mass is 10.1. The van der Waals surface area contributed by atoms with Gasteiger partial charge in [-0.1, -0.05) is 12.8 Å². The molecule has 1 heterocycles. The summed E-state index contributed by atoms with van der Waals surface area (Å²) in [5, 5.41) is 4.56.